The Morgan fingerprint density at radius 3 is 2.56 bits per heavy atom. The summed E-state index contributed by atoms with van der Waals surface area (Å²) >= 11 is 0. The fourth-order valence-electron chi connectivity index (χ4n) is 1.57. The maximum atomic E-state index is 5.79. The van der Waals surface area contributed by atoms with Gasteiger partial charge in [-0.15, -0.1) is 0 Å². The van der Waals surface area contributed by atoms with Crippen LogP contribution < -0.4 is 10.5 Å². The molecule has 3 heteroatoms. The van der Waals surface area contributed by atoms with Crippen molar-refractivity contribution in [2.45, 2.75) is 40.7 Å². The van der Waals surface area contributed by atoms with E-state index >= 15 is 0 Å². The fraction of sp³-hybridized carbons (Fsp3) is 0.600. The van der Waals surface area contributed by atoms with Gasteiger partial charge in [-0.1, -0.05) is 20.8 Å². The second kappa shape index (κ2) is 6.64. The third-order valence-corrected chi connectivity index (χ3v) is 2.64. The number of hydrogen-bond acceptors (Lipinski definition) is 3. The topological polar surface area (TPSA) is 44.5 Å². The van der Waals surface area contributed by atoms with Crippen molar-refractivity contribution in [3.8, 4) is 5.75 Å². The van der Waals surface area contributed by atoms with Crippen LogP contribution in [-0.4, -0.2) is 13.2 Å². The van der Waals surface area contributed by atoms with Crippen LogP contribution in [0, 0.1) is 5.41 Å². The Morgan fingerprint density at radius 1 is 1.22 bits per heavy atom. The molecule has 1 rings (SSSR count). The number of nitrogen functional groups attached to an aromatic ring is 1. The number of anilines is 1. The van der Waals surface area contributed by atoms with Crippen LogP contribution in [0.4, 0.5) is 5.69 Å². The largest absolute Gasteiger partial charge is 0.494 e. The van der Waals surface area contributed by atoms with Crippen molar-refractivity contribution in [2.24, 2.45) is 5.41 Å². The van der Waals surface area contributed by atoms with Gasteiger partial charge in [-0.3, -0.25) is 0 Å². The molecule has 1 aromatic rings. The Labute approximate surface area is 110 Å². The van der Waals surface area contributed by atoms with E-state index < -0.39 is 0 Å². The molecule has 0 amide bonds. The SMILES string of the molecule is CCOc1ccc(N)cc1COCCC(C)(C)C. The van der Waals surface area contributed by atoms with E-state index in [2.05, 4.69) is 20.8 Å². The van der Waals surface area contributed by atoms with Gasteiger partial charge in [0.1, 0.15) is 5.75 Å². The Hall–Kier alpha value is -1.22. The average Bonchev–Trinajstić information content (AvgIpc) is 2.27. The van der Waals surface area contributed by atoms with Crippen LogP contribution in [0.5, 0.6) is 5.75 Å². The normalized spacial score (nSPS) is 11.6. The van der Waals surface area contributed by atoms with Crippen LogP contribution in [0.1, 0.15) is 39.7 Å². The average molecular weight is 251 g/mol. The van der Waals surface area contributed by atoms with Gasteiger partial charge in [0.25, 0.3) is 0 Å². The van der Waals surface area contributed by atoms with Crippen molar-refractivity contribution in [1.29, 1.82) is 0 Å². The molecule has 2 N–H and O–H groups in total. The van der Waals surface area contributed by atoms with Gasteiger partial charge in [0.2, 0.25) is 0 Å². The van der Waals surface area contributed by atoms with E-state index in [1.54, 1.807) is 0 Å². The number of benzene rings is 1. The van der Waals surface area contributed by atoms with Gasteiger partial charge in [-0.2, -0.15) is 0 Å². The predicted molar refractivity (Wildman–Crippen MR) is 75.8 cm³/mol. The van der Waals surface area contributed by atoms with Crippen LogP contribution >= 0.6 is 0 Å². The first-order valence-electron chi connectivity index (χ1n) is 6.51. The van der Waals surface area contributed by atoms with Gasteiger partial charge in [0.05, 0.1) is 13.2 Å². The van der Waals surface area contributed by atoms with E-state index in [0.717, 1.165) is 30.0 Å². The summed E-state index contributed by atoms with van der Waals surface area (Å²) < 4.78 is 11.3. The fourth-order valence-corrected chi connectivity index (χ4v) is 1.57. The lowest BCUT2D eigenvalue weighted by Gasteiger charge is -2.18. The summed E-state index contributed by atoms with van der Waals surface area (Å²) in [5.74, 6) is 0.863. The van der Waals surface area contributed by atoms with Gasteiger partial charge in [-0.25, -0.2) is 0 Å². The maximum Gasteiger partial charge on any atom is 0.124 e. The highest BCUT2D eigenvalue weighted by atomic mass is 16.5. The van der Waals surface area contributed by atoms with Crippen molar-refractivity contribution < 1.29 is 9.47 Å². The molecule has 0 unspecified atom stereocenters. The zero-order valence-corrected chi connectivity index (χ0v) is 12.0. The lowest BCUT2D eigenvalue weighted by atomic mass is 9.93. The van der Waals surface area contributed by atoms with Crippen molar-refractivity contribution in [3.63, 3.8) is 0 Å². The van der Waals surface area contributed by atoms with Crippen LogP contribution in [0.15, 0.2) is 18.2 Å². The summed E-state index contributed by atoms with van der Waals surface area (Å²) in [5, 5.41) is 0. The van der Waals surface area contributed by atoms with Gasteiger partial charge in [0.15, 0.2) is 0 Å². The van der Waals surface area contributed by atoms with Crippen molar-refractivity contribution >= 4 is 5.69 Å². The van der Waals surface area contributed by atoms with Gasteiger partial charge in [-0.05, 0) is 37.0 Å². The molecule has 0 bridgehead atoms. The molecule has 102 valence electrons. The smallest absolute Gasteiger partial charge is 0.124 e. The van der Waals surface area contributed by atoms with E-state index in [0.29, 0.717) is 18.6 Å². The molecule has 0 radical (unpaired) electrons. The molecular formula is C15H25NO2. The molecule has 0 atom stereocenters. The zero-order chi connectivity index (χ0) is 13.6. The Bertz CT molecular complexity index is 369. The molecule has 1 aromatic carbocycles. The second-order valence-corrected chi connectivity index (χ2v) is 5.66. The van der Waals surface area contributed by atoms with E-state index in [9.17, 15) is 0 Å². The van der Waals surface area contributed by atoms with Gasteiger partial charge < -0.3 is 15.2 Å². The summed E-state index contributed by atoms with van der Waals surface area (Å²) in [6.45, 7) is 10.6. The first-order valence-corrected chi connectivity index (χ1v) is 6.51. The molecule has 3 nitrogen and oxygen atoms in total. The van der Waals surface area contributed by atoms with Crippen molar-refractivity contribution in [2.75, 3.05) is 18.9 Å². The lowest BCUT2D eigenvalue weighted by molar-refractivity contribution is 0.0944. The summed E-state index contributed by atoms with van der Waals surface area (Å²) in [6, 6.07) is 5.67. The Balaban J connectivity index is 2.52. The van der Waals surface area contributed by atoms with E-state index in [1.807, 2.05) is 25.1 Å². The quantitative estimate of drug-likeness (QED) is 0.620. The van der Waals surface area contributed by atoms with Gasteiger partial charge in [0, 0.05) is 17.9 Å². The highest BCUT2D eigenvalue weighted by molar-refractivity contribution is 5.47. The maximum absolute atomic E-state index is 5.79. The standard InChI is InChI=1S/C15H25NO2/c1-5-18-14-7-6-13(16)10-12(14)11-17-9-8-15(2,3)4/h6-7,10H,5,8-9,11,16H2,1-4H3. The van der Waals surface area contributed by atoms with E-state index in [-0.39, 0.29) is 0 Å². The molecule has 18 heavy (non-hydrogen) atoms. The highest BCUT2D eigenvalue weighted by Crippen LogP contribution is 2.23. The minimum absolute atomic E-state index is 0.304. The monoisotopic (exact) mass is 251 g/mol. The summed E-state index contributed by atoms with van der Waals surface area (Å²) in [7, 11) is 0. The summed E-state index contributed by atoms with van der Waals surface area (Å²) in [6.07, 6.45) is 1.04. The summed E-state index contributed by atoms with van der Waals surface area (Å²) in [4.78, 5) is 0. The summed E-state index contributed by atoms with van der Waals surface area (Å²) in [5.41, 5.74) is 7.85. The molecule has 0 heterocycles. The highest BCUT2D eigenvalue weighted by Gasteiger charge is 2.10. The van der Waals surface area contributed by atoms with E-state index in [4.69, 9.17) is 15.2 Å². The molecule has 0 aliphatic carbocycles. The number of ether oxygens (including phenoxy) is 2. The molecule has 0 aliphatic heterocycles. The van der Waals surface area contributed by atoms with Crippen LogP contribution in [0.25, 0.3) is 0 Å². The first kappa shape index (κ1) is 14.8. The van der Waals surface area contributed by atoms with Crippen LogP contribution in [-0.2, 0) is 11.3 Å². The van der Waals surface area contributed by atoms with Crippen molar-refractivity contribution in [3.05, 3.63) is 23.8 Å². The van der Waals surface area contributed by atoms with E-state index in [1.165, 1.54) is 0 Å². The first-order chi connectivity index (χ1) is 8.42. The Morgan fingerprint density at radius 2 is 1.94 bits per heavy atom. The molecule has 0 fully saturated rings. The van der Waals surface area contributed by atoms with Crippen molar-refractivity contribution in [1.82, 2.24) is 0 Å². The minimum atomic E-state index is 0.304. The van der Waals surface area contributed by atoms with Crippen LogP contribution in [0.2, 0.25) is 0 Å². The lowest BCUT2D eigenvalue weighted by Crippen LogP contribution is -2.10. The third kappa shape index (κ3) is 5.41. The second-order valence-electron chi connectivity index (χ2n) is 5.66. The zero-order valence-electron chi connectivity index (χ0n) is 12.0. The molecule has 0 aliphatic rings. The van der Waals surface area contributed by atoms with Crippen LogP contribution in [0.3, 0.4) is 0 Å². The van der Waals surface area contributed by atoms with Gasteiger partial charge >= 0.3 is 0 Å². The number of rotatable bonds is 6. The number of nitrogens with two attached hydrogens (primary N) is 1. The minimum Gasteiger partial charge on any atom is -0.494 e. The molecule has 0 saturated heterocycles. The molecule has 0 aromatic heterocycles. The molecule has 0 spiro atoms. The Kier molecular flexibility index (Phi) is 5.48. The molecule has 0 saturated carbocycles. The number of hydrogen-bond donors (Lipinski definition) is 1. The third-order valence-electron chi connectivity index (χ3n) is 2.64. The predicted octanol–water partition coefficient (Wildman–Crippen LogP) is 3.62. The molecular weight excluding hydrogens is 226 g/mol.